The second-order valence-electron chi connectivity index (χ2n) is 1.97. The van der Waals surface area contributed by atoms with Gasteiger partial charge in [0, 0.05) is 0 Å². The van der Waals surface area contributed by atoms with Gasteiger partial charge >= 0.3 is 0 Å². The molecule has 0 aliphatic rings. The minimum Gasteiger partial charge on any atom is -0.368 e. The van der Waals surface area contributed by atoms with Gasteiger partial charge in [-0.3, -0.25) is 4.52 Å². The molecule has 0 bridgehead atoms. The van der Waals surface area contributed by atoms with E-state index < -0.39 is 12.1 Å². The smallest absolute Gasteiger partial charge is 0.284 e. The molecular formula is C5H12ClO3PS. The summed E-state index contributed by atoms with van der Waals surface area (Å²) < 4.78 is 9.76. The van der Waals surface area contributed by atoms with E-state index in [0.717, 1.165) is 6.42 Å². The van der Waals surface area contributed by atoms with Crippen LogP contribution in [0.3, 0.4) is 0 Å². The predicted molar refractivity (Wildman–Crippen MR) is 49.1 cm³/mol. The molecule has 2 atom stereocenters. The first-order valence-electron chi connectivity index (χ1n) is 3.28. The fourth-order valence-corrected chi connectivity index (χ4v) is 2.39. The van der Waals surface area contributed by atoms with E-state index >= 15 is 0 Å². The predicted octanol–water partition coefficient (Wildman–Crippen LogP) is 2.23. The van der Waals surface area contributed by atoms with Crippen LogP contribution in [0, 0.1) is 0 Å². The molecule has 1 N–H and O–H groups in total. The molecule has 0 aromatic heterocycles. The van der Waals surface area contributed by atoms with Crippen LogP contribution in [0.25, 0.3) is 0 Å². The van der Waals surface area contributed by atoms with Crippen LogP contribution >= 0.6 is 17.1 Å². The van der Waals surface area contributed by atoms with Gasteiger partial charge in [-0.2, -0.15) is 0 Å². The molecule has 0 fully saturated rings. The Morgan fingerprint density at radius 3 is 2.64 bits per heavy atom. The van der Waals surface area contributed by atoms with Crippen molar-refractivity contribution in [2.45, 2.75) is 26.6 Å². The van der Waals surface area contributed by atoms with E-state index in [0.29, 0.717) is 6.61 Å². The second kappa shape index (κ2) is 5.46. The Balaban J connectivity index is 3.71. The molecule has 0 saturated carbocycles. The number of rotatable bonds is 5. The van der Waals surface area contributed by atoms with Gasteiger partial charge in [0.2, 0.25) is 0 Å². The van der Waals surface area contributed by atoms with Gasteiger partial charge in [0.05, 0.1) is 6.61 Å². The zero-order valence-corrected chi connectivity index (χ0v) is 8.96. The minimum absolute atomic E-state index is 0.466. The van der Waals surface area contributed by atoms with Crippen molar-refractivity contribution in [2.75, 3.05) is 6.61 Å². The van der Waals surface area contributed by atoms with Crippen LogP contribution in [-0.2, 0) is 20.9 Å². The molecule has 3 nitrogen and oxygen atoms in total. The van der Waals surface area contributed by atoms with E-state index in [2.05, 4.69) is 0 Å². The Hall–Kier alpha value is 0.820. The van der Waals surface area contributed by atoms with Crippen LogP contribution in [0.1, 0.15) is 20.3 Å². The summed E-state index contributed by atoms with van der Waals surface area (Å²) in [6.45, 7) is 3.85. The van der Waals surface area contributed by atoms with Crippen molar-refractivity contribution in [3.8, 4) is 0 Å². The summed E-state index contributed by atoms with van der Waals surface area (Å²) in [5.41, 5.74) is 0. The molecule has 2 unspecified atom stereocenters. The van der Waals surface area contributed by atoms with Crippen LogP contribution in [0.2, 0.25) is 0 Å². The molecule has 0 heterocycles. The summed E-state index contributed by atoms with van der Waals surface area (Å²) in [5, 5.41) is 8.76. The van der Waals surface area contributed by atoms with E-state index in [4.69, 9.17) is 37.2 Å². The van der Waals surface area contributed by atoms with Crippen molar-refractivity contribution in [1.29, 1.82) is 0 Å². The molecule has 11 heavy (non-hydrogen) atoms. The van der Waals surface area contributed by atoms with Gasteiger partial charge in [-0.1, -0.05) is 6.92 Å². The topological polar surface area (TPSA) is 38.7 Å². The molecule has 0 saturated heterocycles. The third-order valence-electron chi connectivity index (χ3n) is 0.728. The summed E-state index contributed by atoms with van der Waals surface area (Å²) in [4.78, 5) is 0. The Bertz CT molecular complexity index is 153. The highest BCUT2D eigenvalue weighted by atomic mass is 35.7. The van der Waals surface area contributed by atoms with Crippen molar-refractivity contribution in [1.82, 2.24) is 0 Å². The summed E-state index contributed by atoms with van der Waals surface area (Å²) in [6.07, 6.45) is -0.135. The molecule has 0 aromatic rings. The lowest BCUT2D eigenvalue weighted by atomic mass is 10.5. The van der Waals surface area contributed by atoms with Gasteiger partial charge in [0.1, 0.15) is 0 Å². The fourth-order valence-electron chi connectivity index (χ4n) is 0.413. The van der Waals surface area contributed by atoms with Crippen LogP contribution in [-0.4, -0.2) is 18.0 Å². The normalized spacial score (nSPS) is 19.3. The standard InChI is InChI=1S/C5H12ClO3PS/c1-3-4-8-10(6,11)9-5(2)7/h5,7H,3-4H2,1-2H3. The van der Waals surface area contributed by atoms with Crippen molar-refractivity contribution in [3.05, 3.63) is 0 Å². The third-order valence-corrected chi connectivity index (χ3v) is 2.88. The lowest BCUT2D eigenvalue weighted by Crippen LogP contribution is -2.03. The first kappa shape index (κ1) is 11.8. The number of hydrogen-bond donors (Lipinski definition) is 1. The van der Waals surface area contributed by atoms with Gasteiger partial charge < -0.3 is 9.63 Å². The SMILES string of the molecule is CCCOP(=S)(Cl)OC(C)O. The Morgan fingerprint density at radius 1 is 1.73 bits per heavy atom. The molecule has 0 aliphatic heterocycles. The van der Waals surface area contributed by atoms with E-state index in [-0.39, 0.29) is 0 Å². The quantitative estimate of drug-likeness (QED) is 0.567. The molecule has 0 amide bonds. The zero-order valence-electron chi connectivity index (χ0n) is 6.49. The summed E-state index contributed by atoms with van der Waals surface area (Å²) in [7, 11) is 0. The van der Waals surface area contributed by atoms with Crippen molar-refractivity contribution < 1.29 is 14.2 Å². The number of aliphatic hydroxyl groups excluding tert-OH is 1. The van der Waals surface area contributed by atoms with Gasteiger partial charge in [-0.05, 0) is 36.4 Å². The van der Waals surface area contributed by atoms with Crippen LogP contribution in [0.15, 0.2) is 0 Å². The maximum atomic E-state index is 8.76. The van der Waals surface area contributed by atoms with Crippen LogP contribution in [0.5, 0.6) is 0 Å². The molecule has 0 radical (unpaired) electrons. The molecule has 0 spiro atoms. The second-order valence-corrected chi connectivity index (χ2v) is 6.68. The fraction of sp³-hybridized carbons (Fsp3) is 1.00. The van der Waals surface area contributed by atoms with Gasteiger partial charge in [-0.15, -0.1) is 0 Å². The van der Waals surface area contributed by atoms with E-state index in [1.54, 1.807) is 0 Å². The maximum Gasteiger partial charge on any atom is 0.284 e. The summed E-state index contributed by atoms with van der Waals surface area (Å²) in [6, 6.07) is 0. The Morgan fingerprint density at radius 2 is 2.27 bits per heavy atom. The molecular weight excluding hydrogens is 207 g/mol. The highest BCUT2D eigenvalue weighted by Crippen LogP contribution is 2.54. The number of halogens is 1. The lowest BCUT2D eigenvalue weighted by Gasteiger charge is -2.16. The molecule has 0 aromatic carbocycles. The average molecular weight is 219 g/mol. The van der Waals surface area contributed by atoms with Gasteiger partial charge in [-0.25, -0.2) is 0 Å². The monoisotopic (exact) mass is 218 g/mol. The largest absolute Gasteiger partial charge is 0.368 e. The minimum atomic E-state index is -2.71. The summed E-state index contributed by atoms with van der Waals surface area (Å²) in [5.74, 6) is -2.71. The van der Waals surface area contributed by atoms with Crippen LogP contribution in [0.4, 0.5) is 0 Å². The van der Waals surface area contributed by atoms with E-state index in [9.17, 15) is 0 Å². The van der Waals surface area contributed by atoms with Gasteiger partial charge in [0.25, 0.3) is 5.84 Å². The maximum absolute atomic E-state index is 8.76. The van der Waals surface area contributed by atoms with Gasteiger partial charge in [0.15, 0.2) is 6.29 Å². The molecule has 68 valence electrons. The Kier molecular flexibility index (Phi) is 5.87. The first-order valence-corrected chi connectivity index (χ1v) is 6.83. The summed E-state index contributed by atoms with van der Waals surface area (Å²) >= 11 is 10.4. The van der Waals surface area contributed by atoms with Crippen LogP contribution < -0.4 is 0 Å². The van der Waals surface area contributed by atoms with E-state index in [1.807, 2.05) is 6.92 Å². The molecule has 0 aliphatic carbocycles. The van der Waals surface area contributed by atoms with Crippen molar-refractivity contribution in [2.24, 2.45) is 0 Å². The first-order chi connectivity index (χ1) is 4.98. The van der Waals surface area contributed by atoms with Crippen molar-refractivity contribution >= 4 is 28.9 Å². The average Bonchev–Trinajstić information content (AvgIpc) is 1.81. The number of aliphatic hydroxyl groups is 1. The third kappa shape index (κ3) is 7.19. The zero-order chi connectivity index (χ0) is 8.91. The Labute approximate surface area is 76.6 Å². The highest BCUT2D eigenvalue weighted by molar-refractivity contribution is 8.22. The van der Waals surface area contributed by atoms with E-state index in [1.165, 1.54) is 6.92 Å². The molecule has 0 rings (SSSR count). The lowest BCUT2D eigenvalue weighted by molar-refractivity contribution is -0.0000827. The van der Waals surface area contributed by atoms with Crippen molar-refractivity contribution in [3.63, 3.8) is 0 Å². The highest BCUT2D eigenvalue weighted by Gasteiger charge is 2.16. The molecule has 6 heteroatoms. The number of hydrogen-bond acceptors (Lipinski definition) is 4.